The molecule has 0 atom stereocenters. The van der Waals surface area contributed by atoms with Gasteiger partial charge in [0.1, 0.15) is 29.4 Å². The molecular formula is C22H29BrN4O4. The maximum absolute atomic E-state index is 12.2. The summed E-state index contributed by atoms with van der Waals surface area (Å²) in [5, 5.41) is 3.89. The molecule has 0 unspecified atom stereocenters. The van der Waals surface area contributed by atoms with Crippen LogP contribution < -0.4 is 5.32 Å². The first kappa shape index (κ1) is 23.2. The Kier molecular flexibility index (Phi) is 6.45. The smallest absolute Gasteiger partial charge is 0.410 e. The summed E-state index contributed by atoms with van der Waals surface area (Å²) in [5.41, 5.74) is -0.332. The van der Waals surface area contributed by atoms with Crippen molar-refractivity contribution < 1.29 is 19.1 Å². The fourth-order valence-corrected chi connectivity index (χ4v) is 3.45. The number of aromatic nitrogens is 2. The highest BCUT2D eigenvalue weighted by Gasteiger charge is 2.36. The van der Waals surface area contributed by atoms with E-state index in [0.29, 0.717) is 24.7 Å². The molecule has 1 aliphatic rings. The van der Waals surface area contributed by atoms with Crippen LogP contribution in [0.25, 0.3) is 10.9 Å². The normalized spacial score (nSPS) is 14.9. The van der Waals surface area contributed by atoms with Gasteiger partial charge in [-0.1, -0.05) is 15.9 Å². The highest BCUT2D eigenvalue weighted by molar-refractivity contribution is 9.10. The van der Waals surface area contributed by atoms with Crippen molar-refractivity contribution >= 4 is 44.7 Å². The van der Waals surface area contributed by atoms with Gasteiger partial charge in [-0.05, 0) is 59.7 Å². The zero-order chi connectivity index (χ0) is 23.0. The first-order valence-electron chi connectivity index (χ1n) is 10.2. The van der Waals surface area contributed by atoms with Crippen LogP contribution in [0.3, 0.4) is 0 Å². The first-order chi connectivity index (χ1) is 14.3. The van der Waals surface area contributed by atoms with E-state index in [0.717, 1.165) is 15.4 Å². The summed E-state index contributed by atoms with van der Waals surface area (Å²) >= 11 is 3.47. The number of carbonyl (C=O) groups excluding carboxylic acids is 2. The number of nitrogens with zero attached hydrogens (tertiary/aromatic N) is 3. The molecule has 2 heterocycles. The van der Waals surface area contributed by atoms with Crippen molar-refractivity contribution in [2.45, 2.75) is 58.7 Å². The largest absolute Gasteiger partial charge is 0.459 e. The average Bonchev–Trinajstić information content (AvgIpc) is 2.55. The van der Waals surface area contributed by atoms with Crippen LogP contribution in [-0.4, -0.2) is 57.8 Å². The number of carbonyl (C=O) groups is 2. The van der Waals surface area contributed by atoms with E-state index in [2.05, 4.69) is 31.2 Å². The van der Waals surface area contributed by atoms with E-state index in [1.165, 1.54) is 0 Å². The van der Waals surface area contributed by atoms with Gasteiger partial charge in [0.05, 0.1) is 11.4 Å². The van der Waals surface area contributed by atoms with Gasteiger partial charge in [0.15, 0.2) is 0 Å². The average molecular weight is 493 g/mol. The van der Waals surface area contributed by atoms with E-state index in [4.69, 9.17) is 9.47 Å². The van der Waals surface area contributed by atoms with Crippen molar-refractivity contribution in [3.05, 3.63) is 28.5 Å². The molecule has 2 aromatic rings. The minimum Gasteiger partial charge on any atom is -0.459 e. The van der Waals surface area contributed by atoms with Crippen molar-refractivity contribution in [1.82, 2.24) is 14.9 Å². The minimum absolute atomic E-state index is 0.00245. The van der Waals surface area contributed by atoms with E-state index in [9.17, 15) is 9.59 Å². The summed E-state index contributed by atoms with van der Waals surface area (Å²) in [6.45, 7) is 12.0. The van der Waals surface area contributed by atoms with Gasteiger partial charge in [0, 0.05) is 22.9 Å². The molecule has 1 N–H and O–H groups in total. The van der Waals surface area contributed by atoms with Gasteiger partial charge in [-0.2, -0.15) is 0 Å². The highest BCUT2D eigenvalue weighted by atomic mass is 79.9. The molecule has 8 nitrogen and oxygen atoms in total. The second-order valence-corrected chi connectivity index (χ2v) is 10.5. The third-order valence-electron chi connectivity index (χ3n) is 4.39. The summed E-state index contributed by atoms with van der Waals surface area (Å²) in [5.74, 6) is 0.822. The Hall–Kier alpha value is -2.42. The van der Waals surface area contributed by atoms with Crippen LogP contribution in [-0.2, 0) is 14.3 Å². The number of rotatable bonds is 4. The van der Waals surface area contributed by atoms with Crippen molar-refractivity contribution in [2.75, 3.05) is 25.0 Å². The molecule has 0 aliphatic carbocycles. The van der Waals surface area contributed by atoms with E-state index < -0.39 is 11.2 Å². The number of fused-ring (bicyclic) bond motifs is 1. The summed E-state index contributed by atoms with van der Waals surface area (Å²) in [6.07, 6.45) is -0.336. The van der Waals surface area contributed by atoms with E-state index in [1.807, 2.05) is 59.7 Å². The number of hydrogen-bond donors (Lipinski definition) is 1. The van der Waals surface area contributed by atoms with Gasteiger partial charge in [-0.25, -0.2) is 14.8 Å². The first-order valence-corrected chi connectivity index (χ1v) is 11.0. The molecule has 31 heavy (non-hydrogen) atoms. The Morgan fingerprint density at radius 1 is 1.10 bits per heavy atom. The predicted octanol–water partition coefficient (Wildman–Crippen LogP) is 4.48. The van der Waals surface area contributed by atoms with Gasteiger partial charge < -0.3 is 19.7 Å². The Morgan fingerprint density at radius 3 is 2.35 bits per heavy atom. The van der Waals surface area contributed by atoms with Crippen molar-refractivity contribution in [3.63, 3.8) is 0 Å². The predicted molar refractivity (Wildman–Crippen MR) is 122 cm³/mol. The molecule has 1 fully saturated rings. The molecule has 168 valence electrons. The zero-order valence-corrected chi connectivity index (χ0v) is 20.4. The lowest BCUT2D eigenvalue weighted by molar-refractivity contribution is -0.152. The summed E-state index contributed by atoms with van der Waals surface area (Å²) in [6, 6.07) is 5.71. The molecule has 3 rings (SSSR count). The SMILES string of the molecule is CC(C)(C)OC(=O)CNc1nc(C2CN(C(=O)OC(C)(C)C)C2)nc2ccc(Br)cc12. The molecule has 1 aliphatic heterocycles. The van der Waals surface area contributed by atoms with Crippen molar-refractivity contribution in [1.29, 1.82) is 0 Å². The van der Waals surface area contributed by atoms with Crippen LogP contribution in [0.15, 0.2) is 22.7 Å². The number of benzene rings is 1. The van der Waals surface area contributed by atoms with Crippen LogP contribution in [0.5, 0.6) is 0 Å². The van der Waals surface area contributed by atoms with E-state index >= 15 is 0 Å². The van der Waals surface area contributed by atoms with Gasteiger partial charge >= 0.3 is 12.1 Å². The second kappa shape index (κ2) is 8.61. The molecule has 1 saturated heterocycles. The van der Waals surface area contributed by atoms with E-state index in [1.54, 1.807) is 4.90 Å². The minimum atomic E-state index is -0.558. The third kappa shape index (κ3) is 6.29. The number of hydrogen-bond acceptors (Lipinski definition) is 7. The fourth-order valence-electron chi connectivity index (χ4n) is 3.09. The van der Waals surface area contributed by atoms with Gasteiger partial charge in [-0.15, -0.1) is 0 Å². The van der Waals surface area contributed by atoms with Crippen molar-refractivity contribution in [2.24, 2.45) is 0 Å². The monoisotopic (exact) mass is 492 g/mol. The number of ether oxygens (including phenoxy) is 2. The van der Waals surface area contributed by atoms with E-state index in [-0.39, 0.29) is 24.5 Å². The third-order valence-corrected chi connectivity index (χ3v) is 4.89. The quantitative estimate of drug-likeness (QED) is 0.628. The summed E-state index contributed by atoms with van der Waals surface area (Å²) < 4.78 is 11.7. The zero-order valence-electron chi connectivity index (χ0n) is 18.8. The fraction of sp³-hybridized carbons (Fsp3) is 0.545. The summed E-state index contributed by atoms with van der Waals surface area (Å²) in [4.78, 5) is 35.4. The Bertz CT molecular complexity index is 991. The maximum Gasteiger partial charge on any atom is 0.410 e. The number of esters is 1. The topological polar surface area (TPSA) is 93.7 Å². The second-order valence-electron chi connectivity index (χ2n) is 9.61. The molecule has 1 aromatic heterocycles. The molecule has 9 heteroatoms. The van der Waals surface area contributed by atoms with Crippen LogP contribution in [0.4, 0.5) is 10.6 Å². The summed E-state index contributed by atoms with van der Waals surface area (Å²) in [7, 11) is 0. The lowest BCUT2D eigenvalue weighted by Crippen LogP contribution is -2.50. The van der Waals surface area contributed by atoms with Crippen LogP contribution >= 0.6 is 15.9 Å². The van der Waals surface area contributed by atoms with Crippen LogP contribution in [0, 0.1) is 0 Å². The molecule has 1 aromatic carbocycles. The molecule has 0 radical (unpaired) electrons. The number of halogens is 1. The number of anilines is 1. The van der Waals surface area contributed by atoms with Crippen molar-refractivity contribution in [3.8, 4) is 0 Å². The molecule has 1 amide bonds. The lowest BCUT2D eigenvalue weighted by Gasteiger charge is -2.39. The highest BCUT2D eigenvalue weighted by Crippen LogP contribution is 2.31. The number of likely N-dealkylation sites (tertiary alicyclic amines) is 1. The van der Waals surface area contributed by atoms with Crippen LogP contribution in [0.1, 0.15) is 53.3 Å². The maximum atomic E-state index is 12.2. The Labute approximate surface area is 190 Å². The Morgan fingerprint density at radius 2 is 1.74 bits per heavy atom. The number of nitrogens with one attached hydrogen (secondary N) is 1. The van der Waals surface area contributed by atoms with Gasteiger partial charge in [0.2, 0.25) is 0 Å². The number of amides is 1. The molecule has 0 bridgehead atoms. The lowest BCUT2D eigenvalue weighted by atomic mass is 9.99. The van der Waals surface area contributed by atoms with Crippen LogP contribution in [0.2, 0.25) is 0 Å². The molecular weight excluding hydrogens is 464 g/mol. The molecule has 0 saturated carbocycles. The van der Waals surface area contributed by atoms with Gasteiger partial charge in [-0.3, -0.25) is 4.79 Å². The Balaban J connectivity index is 1.77. The standard InChI is InChI=1S/C22H29BrN4O4/c1-21(2,3)30-17(28)10-24-19-15-9-14(23)7-8-16(15)25-18(26-19)13-11-27(12-13)20(29)31-22(4,5)6/h7-9,13H,10-12H2,1-6H3,(H,24,25,26). The van der Waals surface area contributed by atoms with Gasteiger partial charge in [0.25, 0.3) is 0 Å². The molecule has 0 spiro atoms.